The molecule has 1 saturated carbocycles. The van der Waals surface area contributed by atoms with Crippen molar-refractivity contribution in [2.24, 2.45) is 11.8 Å². The Bertz CT molecular complexity index is 1080. The third kappa shape index (κ3) is 4.52. The van der Waals surface area contributed by atoms with E-state index in [2.05, 4.69) is 6.92 Å². The predicted molar refractivity (Wildman–Crippen MR) is 110 cm³/mol. The molecule has 6 nitrogen and oxygen atoms in total. The van der Waals surface area contributed by atoms with Crippen LogP contribution in [0.4, 0.5) is 8.78 Å². The van der Waals surface area contributed by atoms with Crippen molar-refractivity contribution in [3.63, 3.8) is 0 Å². The van der Waals surface area contributed by atoms with Crippen LogP contribution in [0.1, 0.15) is 43.6 Å². The van der Waals surface area contributed by atoms with Gasteiger partial charge in [-0.3, -0.25) is 4.79 Å². The standard InChI is InChI=1S/C22H26F2N2O4S/c1-14-11-18(14)20-6-4-17(30-20)13-25(2)22(27)15-7-9-26(10-8-15)31(28,29)21-12-16(23)3-5-19(21)24/h3-6,12,14-15,18H,7-11,13H2,1-2H3/t14-,18+/m0/s1. The van der Waals surface area contributed by atoms with Crippen LogP contribution in [-0.2, 0) is 21.4 Å². The summed E-state index contributed by atoms with van der Waals surface area (Å²) in [6.07, 6.45) is 1.77. The lowest BCUT2D eigenvalue weighted by molar-refractivity contribution is -0.136. The maximum absolute atomic E-state index is 14.0. The second-order valence-electron chi connectivity index (χ2n) is 8.57. The average molecular weight is 453 g/mol. The molecule has 0 unspecified atom stereocenters. The van der Waals surface area contributed by atoms with Crippen molar-refractivity contribution >= 4 is 15.9 Å². The average Bonchev–Trinajstić information content (AvgIpc) is 3.29. The second-order valence-corrected chi connectivity index (χ2v) is 10.5. The zero-order chi connectivity index (χ0) is 22.3. The normalized spacial score (nSPS) is 22.5. The Labute approximate surface area is 180 Å². The van der Waals surface area contributed by atoms with E-state index < -0.39 is 26.6 Å². The topological polar surface area (TPSA) is 70.8 Å². The lowest BCUT2D eigenvalue weighted by Gasteiger charge is -2.32. The van der Waals surface area contributed by atoms with Crippen LogP contribution in [0.5, 0.6) is 0 Å². The third-order valence-corrected chi connectivity index (χ3v) is 8.15. The molecule has 0 radical (unpaired) electrons. The monoisotopic (exact) mass is 452 g/mol. The van der Waals surface area contributed by atoms with Crippen molar-refractivity contribution in [1.29, 1.82) is 0 Å². The van der Waals surface area contributed by atoms with E-state index in [-0.39, 0.29) is 24.9 Å². The number of rotatable bonds is 6. The molecule has 2 heterocycles. The van der Waals surface area contributed by atoms with Gasteiger partial charge in [0.1, 0.15) is 28.1 Å². The van der Waals surface area contributed by atoms with Gasteiger partial charge >= 0.3 is 0 Å². The van der Waals surface area contributed by atoms with Gasteiger partial charge in [0.2, 0.25) is 15.9 Å². The fraction of sp³-hybridized carbons (Fsp3) is 0.500. The number of carbonyl (C=O) groups is 1. The summed E-state index contributed by atoms with van der Waals surface area (Å²) in [6, 6.07) is 6.24. The van der Waals surface area contributed by atoms with Crippen LogP contribution < -0.4 is 0 Å². The molecule has 1 aromatic carbocycles. The summed E-state index contributed by atoms with van der Waals surface area (Å²) < 4.78 is 59.8. The van der Waals surface area contributed by atoms with Crippen molar-refractivity contribution in [1.82, 2.24) is 9.21 Å². The molecule has 1 aliphatic carbocycles. The van der Waals surface area contributed by atoms with Gasteiger partial charge in [-0.15, -0.1) is 0 Å². The van der Waals surface area contributed by atoms with Gasteiger partial charge in [-0.25, -0.2) is 17.2 Å². The smallest absolute Gasteiger partial charge is 0.246 e. The van der Waals surface area contributed by atoms with E-state index in [1.54, 1.807) is 11.9 Å². The Morgan fingerprint density at radius 1 is 1.19 bits per heavy atom. The molecule has 0 N–H and O–H groups in total. The highest BCUT2D eigenvalue weighted by Gasteiger charge is 2.37. The summed E-state index contributed by atoms with van der Waals surface area (Å²) in [5.74, 6) is 0.600. The molecule has 0 spiro atoms. The largest absolute Gasteiger partial charge is 0.464 e. The highest BCUT2D eigenvalue weighted by atomic mass is 32.2. The number of amides is 1. The number of furan rings is 1. The quantitative estimate of drug-likeness (QED) is 0.670. The number of hydrogen-bond acceptors (Lipinski definition) is 4. The van der Waals surface area contributed by atoms with Crippen LogP contribution in [-0.4, -0.2) is 43.7 Å². The van der Waals surface area contributed by atoms with E-state index in [4.69, 9.17) is 4.42 Å². The number of carbonyl (C=O) groups excluding carboxylic acids is 1. The molecular formula is C22H26F2N2O4S. The number of nitrogens with zero attached hydrogens (tertiary/aromatic N) is 2. The van der Waals surface area contributed by atoms with Crippen LogP contribution in [0.2, 0.25) is 0 Å². The Hall–Kier alpha value is -2.26. The first-order chi connectivity index (χ1) is 14.7. The number of hydrogen-bond donors (Lipinski definition) is 0. The van der Waals surface area contributed by atoms with Gasteiger partial charge in [0.15, 0.2) is 0 Å². The van der Waals surface area contributed by atoms with Crippen LogP contribution in [0.25, 0.3) is 0 Å². The molecular weight excluding hydrogens is 426 g/mol. The van der Waals surface area contributed by atoms with E-state index in [1.165, 1.54) is 0 Å². The van der Waals surface area contributed by atoms with Gasteiger partial charge < -0.3 is 9.32 Å². The lowest BCUT2D eigenvalue weighted by Crippen LogP contribution is -2.43. The van der Waals surface area contributed by atoms with Crippen molar-refractivity contribution in [3.8, 4) is 0 Å². The summed E-state index contributed by atoms with van der Waals surface area (Å²) in [4.78, 5) is 13.8. The molecule has 0 bridgehead atoms. The summed E-state index contributed by atoms with van der Waals surface area (Å²) in [5, 5.41) is 0. The van der Waals surface area contributed by atoms with Crippen molar-refractivity contribution in [3.05, 3.63) is 53.5 Å². The van der Waals surface area contributed by atoms with Gasteiger partial charge in [-0.05, 0) is 55.5 Å². The Kier molecular flexibility index (Phi) is 5.91. The van der Waals surface area contributed by atoms with Gasteiger partial charge in [0.25, 0.3) is 0 Å². The first-order valence-corrected chi connectivity index (χ1v) is 11.9. The number of sulfonamides is 1. The summed E-state index contributed by atoms with van der Waals surface area (Å²) in [5.41, 5.74) is 0. The van der Waals surface area contributed by atoms with Gasteiger partial charge in [0.05, 0.1) is 6.54 Å². The van der Waals surface area contributed by atoms with Crippen molar-refractivity contribution in [2.45, 2.75) is 43.5 Å². The first kappa shape index (κ1) is 22.0. The van der Waals surface area contributed by atoms with Gasteiger partial charge in [-0.1, -0.05) is 6.92 Å². The molecule has 9 heteroatoms. The van der Waals surface area contributed by atoms with E-state index in [9.17, 15) is 22.0 Å². The Morgan fingerprint density at radius 3 is 2.52 bits per heavy atom. The molecule has 168 valence electrons. The van der Waals surface area contributed by atoms with E-state index in [1.807, 2.05) is 12.1 Å². The predicted octanol–water partition coefficient (Wildman–Crippen LogP) is 3.74. The molecule has 2 atom stereocenters. The highest BCUT2D eigenvalue weighted by Crippen LogP contribution is 2.47. The number of benzene rings is 1. The number of piperidine rings is 1. The molecule has 1 aliphatic heterocycles. The van der Waals surface area contributed by atoms with Crippen molar-refractivity contribution in [2.75, 3.05) is 20.1 Å². The highest BCUT2D eigenvalue weighted by molar-refractivity contribution is 7.89. The SMILES string of the molecule is C[C@H]1C[C@H]1c1ccc(CN(C)C(=O)C2CCN(S(=O)(=O)c3cc(F)ccc3F)CC2)o1. The second kappa shape index (κ2) is 8.35. The number of halogens is 2. The van der Waals surface area contributed by atoms with Gasteiger partial charge in [0, 0.05) is 32.0 Å². The molecule has 1 amide bonds. The molecule has 1 saturated heterocycles. The zero-order valence-electron chi connectivity index (χ0n) is 17.6. The Balaban J connectivity index is 1.35. The Morgan fingerprint density at radius 2 is 1.87 bits per heavy atom. The maximum atomic E-state index is 14.0. The van der Waals surface area contributed by atoms with Crippen LogP contribution in [0.15, 0.2) is 39.6 Å². The van der Waals surface area contributed by atoms with E-state index in [0.29, 0.717) is 37.3 Å². The van der Waals surface area contributed by atoms with E-state index in [0.717, 1.165) is 34.4 Å². The molecule has 1 aromatic heterocycles. The van der Waals surface area contributed by atoms with Crippen molar-refractivity contribution < 1.29 is 26.4 Å². The molecule has 4 rings (SSSR count). The zero-order valence-corrected chi connectivity index (χ0v) is 18.4. The van der Waals surface area contributed by atoms with Crippen LogP contribution in [0, 0.1) is 23.5 Å². The fourth-order valence-corrected chi connectivity index (χ4v) is 5.72. The third-order valence-electron chi connectivity index (χ3n) is 6.24. The summed E-state index contributed by atoms with van der Waals surface area (Å²) in [7, 11) is -2.45. The van der Waals surface area contributed by atoms with E-state index >= 15 is 0 Å². The molecule has 2 aromatic rings. The molecule has 2 fully saturated rings. The maximum Gasteiger partial charge on any atom is 0.246 e. The summed E-state index contributed by atoms with van der Waals surface area (Å²) in [6.45, 7) is 2.69. The lowest BCUT2D eigenvalue weighted by atomic mass is 9.96. The molecule has 2 aliphatic rings. The molecule has 31 heavy (non-hydrogen) atoms. The van der Waals surface area contributed by atoms with Gasteiger partial charge in [-0.2, -0.15) is 4.31 Å². The fourth-order valence-electron chi connectivity index (χ4n) is 4.18. The first-order valence-electron chi connectivity index (χ1n) is 10.5. The minimum absolute atomic E-state index is 0.0764. The minimum atomic E-state index is -4.16. The minimum Gasteiger partial charge on any atom is -0.464 e. The van der Waals surface area contributed by atoms with Crippen LogP contribution in [0.3, 0.4) is 0 Å². The summed E-state index contributed by atoms with van der Waals surface area (Å²) >= 11 is 0. The van der Waals surface area contributed by atoms with Crippen LogP contribution >= 0.6 is 0 Å².